The zero-order chi connectivity index (χ0) is 23.6. The Morgan fingerprint density at radius 3 is 2.58 bits per heavy atom. The summed E-state index contributed by atoms with van der Waals surface area (Å²) in [5, 5.41) is 9.21. The number of nitrogens with zero attached hydrogens (tertiary/aromatic N) is 1. The predicted molar refractivity (Wildman–Crippen MR) is 124 cm³/mol. The van der Waals surface area contributed by atoms with Gasteiger partial charge in [0.15, 0.2) is 6.61 Å². The van der Waals surface area contributed by atoms with Crippen molar-refractivity contribution in [3.05, 3.63) is 59.2 Å². The number of carbonyl (C=O) groups excluding carboxylic acids is 3. The van der Waals surface area contributed by atoms with Crippen molar-refractivity contribution >= 4 is 29.6 Å². The molecule has 33 heavy (non-hydrogen) atoms. The minimum atomic E-state index is -0.879. The number of carbonyl (C=O) groups is 3. The van der Waals surface area contributed by atoms with Crippen molar-refractivity contribution in [2.75, 3.05) is 25.1 Å². The first-order valence-electron chi connectivity index (χ1n) is 10.7. The molecule has 1 fully saturated rings. The molecule has 174 valence electrons. The Kier molecular flexibility index (Phi) is 8.54. The summed E-state index contributed by atoms with van der Waals surface area (Å²) in [6, 6.07) is 12.7. The van der Waals surface area contributed by atoms with E-state index in [0.29, 0.717) is 17.9 Å². The van der Waals surface area contributed by atoms with Crippen LogP contribution in [0.15, 0.2) is 47.6 Å². The van der Waals surface area contributed by atoms with Gasteiger partial charge in [0.1, 0.15) is 5.75 Å². The van der Waals surface area contributed by atoms with Crippen molar-refractivity contribution in [2.24, 2.45) is 5.10 Å². The molecule has 9 nitrogen and oxygen atoms in total. The first kappa shape index (κ1) is 23.9. The average Bonchev–Trinajstić information content (AvgIpc) is 3.33. The van der Waals surface area contributed by atoms with E-state index in [1.54, 1.807) is 24.3 Å². The van der Waals surface area contributed by atoms with Crippen LogP contribution in [0.1, 0.15) is 29.5 Å². The number of hydrazone groups is 1. The summed E-state index contributed by atoms with van der Waals surface area (Å²) in [4.78, 5) is 36.1. The van der Waals surface area contributed by atoms with Crippen LogP contribution in [-0.4, -0.2) is 49.8 Å². The Morgan fingerprint density at radius 1 is 1.09 bits per heavy atom. The molecule has 1 aliphatic heterocycles. The van der Waals surface area contributed by atoms with Gasteiger partial charge in [0.05, 0.1) is 12.3 Å². The summed E-state index contributed by atoms with van der Waals surface area (Å²) in [6.07, 6.45) is 3.11. The molecular formula is C24H28N4O5. The van der Waals surface area contributed by atoms with Gasteiger partial charge in [-0.1, -0.05) is 30.3 Å². The van der Waals surface area contributed by atoms with E-state index >= 15 is 0 Å². The van der Waals surface area contributed by atoms with Crippen molar-refractivity contribution in [3.8, 4) is 5.75 Å². The molecule has 0 radical (unpaired) electrons. The van der Waals surface area contributed by atoms with Crippen LogP contribution in [0.25, 0.3) is 0 Å². The molecule has 2 aromatic rings. The van der Waals surface area contributed by atoms with Crippen molar-refractivity contribution < 1.29 is 23.9 Å². The number of amides is 3. The predicted octanol–water partition coefficient (Wildman–Crippen LogP) is 2.07. The largest absolute Gasteiger partial charge is 0.483 e. The zero-order valence-electron chi connectivity index (χ0n) is 18.7. The topological polar surface area (TPSA) is 118 Å². The van der Waals surface area contributed by atoms with Crippen LogP contribution in [0.2, 0.25) is 0 Å². The molecule has 1 aliphatic rings. The fourth-order valence-electron chi connectivity index (χ4n) is 3.35. The van der Waals surface area contributed by atoms with Gasteiger partial charge in [-0.05, 0) is 49.9 Å². The third-order valence-electron chi connectivity index (χ3n) is 5.11. The zero-order valence-corrected chi connectivity index (χ0v) is 18.7. The minimum absolute atomic E-state index is 0.0544. The Balaban J connectivity index is 1.50. The smallest absolute Gasteiger partial charge is 0.329 e. The highest BCUT2D eigenvalue weighted by Gasteiger charge is 2.19. The first-order chi connectivity index (χ1) is 15.9. The fraction of sp³-hybridized carbons (Fsp3) is 0.333. The van der Waals surface area contributed by atoms with E-state index in [1.807, 2.05) is 32.0 Å². The fourth-order valence-corrected chi connectivity index (χ4v) is 3.35. The van der Waals surface area contributed by atoms with Gasteiger partial charge in [0.25, 0.3) is 5.91 Å². The number of ether oxygens (including phenoxy) is 2. The van der Waals surface area contributed by atoms with Gasteiger partial charge in [0, 0.05) is 24.4 Å². The van der Waals surface area contributed by atoms with E-state index in [1.165, 1.54) is 6.21 Å². The maximum Gasteiger partial charge on any atom is 0.329 e. The number of para-hydroxylation sites is 2. The van der Waals surface area contributed by atoms with Crippen LogP contribution in [0.3, 0.4) is 0 Å². The highest BCUT2D eigenvalue weighted by atomic mass is 16.5. The normalized spacial score (nSPS) is 15.3. The molecule has 2 aromatic carbocycles. The van der Waals surface area contributed by atoms with E-state index in [4.69, 9.17) is 9.47 Å². The van der Waals surface area contributed by atoms with Crippen LogP contribution < -0.4 is 20.8 Å². The van der Waals surface area contributed by atoms with Crippen molar-refractivity contribution in [3.63, 3.8) is 0 Å². The quantitative estimate of drug-likeness (QED) is 0.322. The average molecular weight is 453 g/mol. The molecular weight excluding hydrogens is 424 g/mol. The Hall–Kier alpha value is -3.72. The highest BCUT2D eigenvalue weighted by molar-refractivity contribution is 6.35. The number of anilines is 1. The van der Waals surface area contributed by atoms with Gasteiger partial charge in [-0.25, -0.2) is 5.43 Å². The van der Waals surface area contributed by atoms with E-state index in [9.17, 15) is 14.4 Å². The molecule has 3 amide bonds. The molecule has 1 heterocycles. The van der Waals surface area contributed by atoms with E-state index < -0.39 is 11.8 Å². The lowest BCUT2D eigenvalue weighted by molar-refractivity contribution is -0.139. The summed E-state index contributed by atoms with van der Waals surface area (Å²) in [6.45, 7) is 4.61. The second-order valence-electron chi connectivity index (χ2n) is 7.69. The number of hydrogen-bond donors (Lipinski definition) is 3. The van der Waals surface area contributed by atoms with Crippen molar-refractivity contribution in [1.29, 1.82) is 0 Å². The van der Waals surface area contributed by atoms with Gasteiger partial charge in [-0.2, -0.15) is 5.10 Å². The molecule has 9 heteroatoms. The van der Waals surface area contributed by atoms with Gasteiger partial charge in [-0.3, -0.25) is 14.4 Å². The van der Waals surface area contributed by atoms with Crippen LogP contribution in [-0.2, 0) is 19.1 Å². The standard InChI is InChI=1S/C24H28N4O5/c1-16-7-5-8-17(2)22(16)27-21(29)15-33-20-11-4-3-9-18(20)13-26-28-24(31)23(30)25-14-19-10-6-12-32-19/h3-5,7-9,11,13,19H,6,10,12,14-15H2,1-2H3,(H,25,30)(H,27,29)(H,28,31)/b26-13-/t19-/m1/s1. The van der Waals surface area contributed by atoms with Gasteiger partial charge in [0.2, 0.25) is 0 Å². The molecule has 0 spiro atoms. The SMILES string of the molecule is Cc1cccc(C)c1NC(=O)COc1ccccc1/C=N\NC(=O)C(=O)NC[C@H]1CCCO1. The summed E-state index contributed by atoms with van der Waals surface area (Å²) in [7, 11) is 0. The van der Waals surface area contributed by atoms with Gasteiger partial charge in [-0.15, -0.1) is 0 Å². The van der Waals surface area contributed by atoms with Crippen molar-refractivity contribution in [2.45, 2.75) is 32.8 Å². The Bertz CT molecular complexity index is 1010. The lowest BCUT2D eigenvalue weighted by Crippen LogP contribution is -2.41. The molecule has 3 N–H and O–H groups in total. The van der Waals surface area contributed by atoms with Crippen LogP contribution in [0.4, 0.5) is 5.69 Å². The molecule has 0 unspecified atom stereocenters. The lowest BCUT2D eigenvalue weighted by Gasteiger charge is -2.13. The maximum atomic E-state index is 12.4. The van der Waals surface area contributed by atoms with Crippen molar-refractivity contribution in [1.82, 2.24) is 10.7 Å². The molecule has 0 bridgehead atoms. The number of aryl methyl sites for hydroxylation is 2. The number of nitrogens with one attached hydrogen (secondary N) is 3. The molecule has 3 rings (SSSR count). The minimum Gasteiger partial charge on any atom is -0.483 e. The molecule has 1 atom stereocenters. The third kappa shape index (κ3) is 7.15. The molecule has 1 saturated heterocycles. The van der Waals surface area contributed by atoms with E-state index in [-0.39, 0.29) is 25.2 Å². The van der Waals surface area contributed by atoms with Gasteiger partial charge >= 0.3 is 11.8 Å². The number of rotatable bonds is 8. The van der Waals surface area contributed by atoms with E-state index in [0.717, 1.165) is 29.7 Å². The highest BCUT2D eigenvalue weighted by Crippen LogP contribution is 2.20. The maximum absolute atomic E-state index is 12.4. The summed E-state index contributed by atoms with van der Waals surface area (Å²) in [5.74, 6) is -1.55. The number of benzene rings is 2. The van der Waals surface area contributed by atoms with Crippen LogP contribution in [0, 0.1) is 13.8 Å². The summed E-state index contributed by atoms with van der Waals surface area (Å²) in [5.41, 5.74) is 5.42. The molecule has 0 aliphatic carbocycles. The Morgan fingerprint density at radius 2 is 1.85 bits per heavy atom. The lowest BCUT2D eigenvalue weighted by atomic mass is 10.1. The van der Waals surface area contributed by atoms with Crippen LogP contribution in [0.5, 0.6) is 5.75 Å². The summed E-state index contributed by atoms with van der Waals surface area (Å²) >= 11 is 0. The Labute approximate surface area is 192 Å². The van der Waals surface area contributed by atoms with Gasteiger partial charge < -0.3 is 20.1 Å². The second kappa shape index (κ2) is 11.8. The summed E-state index contributed by atoms with van der Waals surface area (Å²) < 4.78 is 11.0. The second-order valence-corrected chi connectivity index (χ2v) is 7.69. The third-order valence-corrected chi connectivity index (χ3v) is 5.11. The molecule has 0 saturated carbocycles. The number of hydrogen-bond acceptors (Lipinski definition) is 6. The van der Waals surface area contributed by atoms with E-state index in [2.05, 4.69) is 21.2 Å². The monoisotopic (exact) mass is 452 g/mol. The first-order valence-corrected chi connectivity index (χ1v) is 10.7. The van der Waals surface area contributed by atoms with Crippen LogP contribution >= 0.6 is 0 Å². The molecule has 0 aromatic heterocycles.